The Bertz CT molecular complexity index is 289. The van der Waals surface area contributed by atoms with Crippen molar-refractivity contribution in [3.63, 3.8) is 0 Å². The number of β-amino-alcohol motifs (C(OH)–C–C–N with tert-alkyl or cyclic N) is 1. The Labute approximate surface area is 90.3 Å². The van der Waals surface area contributed by atoms with Gasteiger partial charge in [0.05, 0.1) is 6.10 Å². The van der Waals surface area contributed by atoms with Gasteiger partial charge in [-0.1, -0.05) is 0 Å². The quantitative estimate of drug-likeness (QED) is 0.882. The Morgan fingerprint density at radius 3 is 3.08 bits per heavy atom. The zero-order chi connectivity index (χ0) is 9.26. The average molecular weight is 262 g/mol. The maximum absolute atomic E-state index is 9.35. The lowest BCUT2D eigenvalue weighted by molar-refractivity contribution is 0.175. The number of thiophene rings is 1. The number of likely N-dealkylation sites (tertiary alicyclic amines) is 1. The minimum absolute atomic E-state index is 0.112. The lowest BCUT2D eigenvalue weighted by atomic mass is 10.3. The monoisotopic (exact) mass is 261 g/mol. The van der Waals surface area contributed by atoms with Crippen LogP contribution in [0.5, 0.6) is 0 Å². The minimum Gasteiger partial charge on any atom is -0.392 e. The topological polar surface area (TPSA) is 23.5 Å². The van der Waals surface area contributed by atoms with E-state index >= 15 is 0 Å². The molecule has 72 valence electrons. The third kappa shape index (κ3) is 2.31. The van der Waals surface area contributed by atoms with Gasteiger partial charge in [0.15, 0.2) is 0 Å². The Balaban J connectivity index is 1.95. The van der Waals surface area contributed by atoms with Crippen LogP contribution >= 0.6 is 27.3 Å². The summed E-state index contributed by atoms with van der Waals surface area (Å²) < 4.78 is 1.19. The van der Waals surface area contributed by atoms with E-state index < -0.39 is 0 Å². The van der Waals surface area contributed by atoms with Crippen molar-refractivity contribution in [3.05, 3.63) is 20.8 Å². The molecule has 2 rings (SSSR count). The number of hydrogen-bond acceptors (Lipinski definition) is 3. The summed E-state index contributed by atoms with van der Waals surface area (Å²) in [7, 11) is 0. The summed E-state index contributed by atoms with van der Waals surface area (Å²) in [4.78, 5) is 3.65. The molecule has 0 aliphatic carbocycles. The van der Waals surface area contributed by atoms with E-state index in [0.717, 1.165) is 26.1 Å². The molecule has 1 atom stereocenters. The molecule has 1 saturated heterocycles. The van der Waals surface area contributed by atoms with E-state index in [-0.39, 0.29) is 6.10 Å². The van der Waals surface area contributed by atoms with Gasteiger partial charge in [0, 0.05) is 29.0 Å². The Hall–Kier alpha value is 0.100. The minimum atomic E-state index is -0.112. The van der Waals surface area contributed by atoms with E-state index in [9.17, 15) is 5.11 Å². The molecule has 1 fully saturated rings. The van der Waals surface area contributed by atoms with Crippen LogP contribution in [-0.2, 0) is 6.54 Å². The van der Waals surface area contributed by atoms with Gasteiger partial charge in [-0.25, -0.2) is 0 Å². The van der Waals surface area contributed by atoms with E-state index in [0.29, 0.717) is 0 Å². The predicted octanol–water partition coefficient (Wildman–Crippen LogP) is 2.08. The first kappa shape index (κ1) is 9.65. The summed E-state index contributed by atoms with van der Waals surface area (Å²) in [5.41, 5.74) is 0. The third-order valence-corrected chi connectivity index (χ3v) is 4.22. The molecule has 0 spiro atoms. The fourth-order valence-electron chi connectivity index (χ4n) is 1.60. The van der Waals surface area contributed by atoms with Crippen LogP contribution < -0.4 is 0 Å². The largest absolute Gasteiger partial charge is 0.392 e. The van der Waals surface area contributed by atoms with Gasteiger partial charge in [-0.05, 0) is 33.8 Å². The highest BCUT2D eigenvalue weighted by atomic mass is 79.9. The number of rotatable bonds is 2. The highest BCUT2D eigenvalue weighted by Crippen LogP contribution is 2.25. The number of hydrogen-bond donors (Lipinski definition) is 1. The van der Waals surface area contributed by atoms with Gasteiger partial charge in [0.2, 0.25) is 0 Å². The molecule has 0 radical (unpaired) electrons. The predicted molar refractivity (Wildman–Crippen MR) is 57.9 cm³/mol. The standard InChI is InChI=1S/C9H12BrNOS/c10-8-2-4-13-9(8)6-11-3-1-7(12)5-11/h2,4,7,12H,1,3,5-6H2/t7-/m0/s1. The third-order valence-electron chi connectivity index (χ3n) is 2.31. The van der Waals surface area contributed by atoms with Crippen molar-refractivity contribution < 1.29 is 5.11 Å². The molecule has 0 amide bonds. The second-order valence-electron chi connectivity index (χ2n) is 3.37. The molecule has 0 unspecified atom stereocenters. The molecule has 0 bridgehead atoms. The summed E-state index contributed by atoms with van der Waals surface area (Å²) in [5.74, 6) is 0. The molecule has 1 aromatic heterocycles. The summed E-state index contributed by atoms with van der Waals surface area (Å²) in [6, 6.07) is 2.08. The van der Waals surface area contributed by atoms with E-state index in [1.165, 1.54) is 9.35 Å². The van der Waals surface area contributed by atoms with Crippen molar-refractivity contribution >= 4 is 27.3 Å². The summed E-state index contributed by atoms with van der Waals surface area (Å²) in [6.07, 6.45) is 0.807. The van der Waals surface area contributed by atoms with Gasteiger partial charge in [-0.2, -0.15) is 0 Å². The first-order chi connectivity index (χ1) is 6.25. The van der Waals surface area contributed by atoms with Gasteiger partial charge in [0.1, 0.15) is 0 Å². The Morgan fingerprint density at radius 1 is 1.69 bits per heavy atom. The van der Waals surface area contributed by atoms with Crippen LogP contribution in [0.4, 0.5) is 0 Å². The zero-order valence-electron chi connectivity index (χ0n) is 7.24. The first-order valence-corrected chi connectivity index (χ1v) is 6.05. The first-order valence-electron chi connectivity index (χ1n) is 4.38. The van der Waals surface area contributed by atoms with Gasteiger partial charge in [-0.3, -0.25) is 4.90 Å². The van der Waals surface area contributed by atoms with Gasteiger partial charge < -0.3 is 5.11 Å². The van der Waals surface area contributed by atoms with E-state index in [1.54, 1.807) is 11.3 Å². The van der Waals surface area contributed by atoms with Gasteiger partial charge in [0.25, 0.3) is 0 Å². The van der Waals surface area contributed by atoms with Crippen LogP contribution in [0.3, 0.4) is 0 Å². The molecule has 0 aromatic carbocycles. The Kier molecular flexibility index (Phi) is 3.03. The van der Waals surface area contributed by atoms with Crippen LogP contribution in [0.15, 0.2) is 15.9 Å². The molecular formula is C9H12BrNOS. The van der Waals surface area contributed by atoms with E-state index in [4.69, 9.17) is 0 Å². The van der Waals surface area contributed by atoms with Crippen LogP contribution in [0.25, 0.3) is 0 Å². The lowest BCUT2D eigenvalue weighted by Crippen LogP contribution is -2.21. The normalized spacial score (nSPS) is 24.0. The molecule has 1 aromatic rings. The van der Waals surface area contributed by atoms with Gasteiger partial charge in [-0.15, -0.1) is 11.3 Å². The summed E-state index contributed by atoms with van der Waals surface area (Å²) in [6.45, 7) is 2.81. The Morgan fingerprint density at radius 2 is 2.54 bits per heavy atom. The summed E-state index contributed by atoms with van der Waals surface area (Å²) >= 11 is 5.28. The molecule has 1 N–H and O–H groups in total. The SMILES string of the molecule is O[C@H]1CCN(Cc2sccc2Br)C1. The molecule has 2 heterocycles. The lowest BCUT2D eigenvalue weighted by Gasteiger charge is -2.13. The second kappa shape index (κ2) is 4.09. The fourth-order valence-corrected chi connectivity index (χ4v) is 3.12. The molecule has 4 heteroatoms. The van der Waals surface area contributed by atoms with Crippen LogP contribution in [0.2, 0.25) is 0 Å². The van der Waals surface area contributed by atoms with Crippen LogP contribution in [-0.4, -0.2) is 29.2 Å². The zero-order valence-corrected chi connectivity index (χ0v) is 9.64. The fraction of sp³-hybridized carbons (Fsp3) is 0.556. The maximum atomic E-state index is 9.35. The smallest absolute Gasteiger partial charge is 0.0679 e. The molecule has 0 saturated carbocycles. The number of aliphatic hydroxyl groups excluding tert-OH is 1. The number of nitrogens with zero attached hydrogens (tertiary/aromatic N) is 1. The molecule has 13 heavy (non-hydrogen) atoms. The highest BCUT2D eigenvalue weighted by Gasteiger charge is 2.20. The van der Waals surface area contributed by atoms with Crippen molar-refractivity contribution in [2.45, 2.75) is 19.1 Å². The van der Waals surface area contributed by atoms with Crippen molar-refractivity contribution in [2.24, 2.45) is 0 Å². The maximum Gasteiger partial charge on any atom is 0.0679 e. The molecular weight excluding hydrogens is 250 g/mol. The van der Waals surface area contributed by atoms with Crippen molar-refractivity contribution in [3.8, 4) is 0 Å². The highest BCUT2D eigenvalue weighted by molar-refractivity contribution is 9.10. The van der Waals surface area contributed by atoms with Crippen molar-refractivity contribution in [2.75, 3.05) is 13.1 Å². The van der Waals surface area contributed by atoms with Gasteiger partial charge >= 0.3 is 0 Å². The van der Waals surface area contributed by atoms with Crippen molar-refractivity contribution in [1.82, 2.24) is 4.90 Å². The number of halogens is 1. The van der Waals surface area contributed by atoms with Crippen LogP contribution in [0.1, 0.15) is 11.3 Å². The van der Waals surface area contributed by atoms with Crippen molar-refractivity contribution in [1.29, 1.82) is 0 Å². The van der Waals surface area contributed by atoms with E-state index in [2.05, 4.69) is 32.3 Å². The summed E-state index contributed by atoms with van der Waals surface area (Å²) in [5, 5.41) is 11.4. The van der Waals surface area contributed by atoms with Crippen LogP contribution in [0, 0.1) is 0 Å². The molecule has 1 aliphatic heterocycles. The van der Waals surface area contributed by atoms with E-state index in [1.807, 2.05) is 0 Å². The number of aliphatic hydroxyl groups is 1. The average Bonchev–Trinajstić information content (AvgIpc) is 2.64. The molecule has 2 nitrogen and oxygen atoms in total. The molecule has 1 aliphatic rings. The second-order valence-corrected chi connectivity index (χ2v) is 5.22.